The highest BCUT2D eigenvalue weighted by atomic mass is 19.1. The molecule has 1 unspecified atom stereocenters. The first-order valence-electron chi connectivity index (χ1n) is 4.71. The molecule has 1 atom stereocenters. The van der Waals surface area contributed by atoms with Crippen molar-refractivity contribution in [3.8, 4) is 0 Å². The van der Waals surface area contributed by atoms with E-state index in [1.807, 2.05) is 6.07 Å². The van der Waals surface area contributed by atoms with E-state index in [1.165, 1.54) is 6.07 Å². The third kappa shape index (κ3) is 1.46. The fourth-order valence-electron chi connectivity index (χ4n) is 2.18. The Morgan fingerprint density at radius 2 is 2.31 bits per heavy atom. The summed E-state index contributed by atoms with van der Waals surface area (Å²) in [6.45, 7) is 0.151. The van der Waals surface area contributed by atoms with Crippen LogP contribution in [0.2, 0.25) is 0 Å². The van der Waals surface area contributed by atoms with Gasteiger partial charge in [0.2, 0.25) is 0 Å². The zero-order valence-corrected chi connectivity index (χ0v) is 7.46. The molecule has 0 radical (unpaired) electrons. The minimum atomic E-state index is -0.103. The second kappa shape index (κ2) is 3.46. The highest BCUT2D eigenvalue weighted by molar-refractivity contribution is 5.36. The van der Waals surface area contributed by atoms with Gasteiger partial charge in [-0.25, -0.2) is 4.39 Å². The van der Waals surface area contributed by atoms with Crippen LogP contribution in [0.4, 0.5) is 4.39 Å². The maximum absolute atomic E-state index is 13.4. The molecule has 0 saturated carbocycles. The first-order chi connectivity index (χ1) is 6.33. The van der Waals surface area contributed by atoms with Crippen molar-refractivity contribution in [2.75, 3.05) is 6.61 Å². The fraction of sp³-hybridized carbons (Fsp3) is 0.455. The van der Waals surface area contributed by atoms with Crippen molar-refractivity contribution < 1.29 is 9.50 Å². The van der Waals surface area contributed by atoms with E-state index in [-0.39, 0.29) is 18.3 Å². The van der Waals surface area contributed by atoms with Crippen LogP contribution in [0.3, 0.4) is 0 Å². The summed E-state index contributed by atoms with van der Waals surface area (Å²) < 4.78 is 13.4. The third-order valence-electron chi connectivity index (χ3n) is 2.79. The molecule has 1 nitrogen and oxygen atoms in total. The average molecular weight is 180 g/mol. The summed E-state index contributed by atoms with van der Waals surface area (Å²) in [5.41, 5.74) is 1.97. The lowest BCUT2D eigenvalue weighted by Gasteiger charge is -2.09. The number of aliphatic hydroxyl groups excluding tert-OH is 1. The van der Waals surface area contributed by atoms with Crippen LogP contribution in [0, 0.1) is 5.82 Å². The average Bonchev–Trinajstić information content (AvgIpc) is 2.51. The second-order valence-electron chi connectivity index (χ2n) is 3.56. The van der Waals surface area contributed by atoms with Crippen molar-refractivity contribution in [1.29, 1.82) is 0 Å². The van der Waals surface area contributed by atoms with E-state index >= 15 is 0 Å². The van der Waals surface area contributed by atoms with E-state index in [0.717, 1.165) is 24.0 Å². The predicted octanol–water partition coefficient (Wildman–Crippen LogP) is 2.24. The molecule has 0 fully saturated rings. The molecule has 1 aromatic rings. The maximum atomic E-state index is 13.4. The first-order valence-corrected chi connectivity index (χ1v) is 4.71. The van der Waals surface area contributed by atoms with Crippen molar-refractivity contribution in [3.63, 3.8) is 0 Å². The first kappa shape index (κ1) is 8.70. The van der Waals surface area contributed by atoms with Gasteiger partial charge in [-0.2, -0.15) is 0 Å². The molecule has 0 amide bonds. The molecule has 0 aromatic heterocycles. The van der Waals surface area contributed by atoms with Crippen molar-refractivity contribution >= 4 is 0 Å². The van der Waals surface area contributed by atoms with Gasteiger partial charge < -0.3 is 5.11 Å². The summed E-state index contributed by atoms with van der Waals surface area (Å²) in [6, 6.07) is 5.25. The molecular formula is C11H13FO. The van der Waals surface area contributed by atoms with Gasteiger partial charge in [-0.05, 0) is 42.4 Å². The van der Waals surface area contributed by atoms with Gasteiger partial charge in [0.25, 0.3) is 0 Å². The van der Waals surface area contributed by atoms with Crippen molar-refractivity contribution in [2.45, 2.75) is 25.2 Å². The molecule has 0 spiro atoms. The van der Waals surface area contributed by atoms with E-state index < -0.39 is 0 Å². The maximum Gasteiger partial charge on any atom is 0.126 e. The molecule has 1 aliphatic carbocycles. The molecule has 0 saturated heterocycles. The highest BCUT2D eigenvalue weighted by Gasteiger charge is 2.24. The van der Waals surface area contributed by atoms with Crippen LogP contribution in [-0.2, 0) is 6.42 Å². The van der Waals surface area contributed by atoms with Gasteiger partial charge in [0.15, 0.2) is 0 Å². The van der Waals surface area contributed by atoms with Gasteiger partial charge in [-0.3, -0.25) is 0 Å². The largest absolute Gasteiger partial charge is 0.396 e. The Hall–Kier alpha value is -0.890. The third-order valence-corrected chi connectivity index (χ3v) is 2.79. The SMILES string of the molecule is OCCC1CCc2cccc(F)c21. The van der Waals surface area contributed by atoms with E-state index in [1.54, 1.807) is 6.07 Å². The van der Waals surface area contributed by atoms with Gasteiger partial charge in [-0.15, -0.1) is 0 Å². The van der Waals surface area contributed by atoms with Crippen LogP contribution < -0.4 is 0 Å². The Bertz CT molecular complexity index is 307. The molecule has 13 heavy (non-hydrogen) atoms. The molecule has 0 bridgehead atoms. The van der Waals surface area contributed by atoms with Gasteiger partial charge >= 0.3 is 0 Å². The molecular weight excluding hydrogens is 167 g/mol. The fourth-order valence-corrected chi connectivity index (χ4v) is 2.18. The Kier molecular flexibility index (Phi) is 2.32. The number of hydrogen-bond donors (Lipinski definition) is 1. The normalized spacial score (nSPS) is 20.3. The van der Waals surface area contributed by atoms with Crippen LogP contribution in [0.25, 0.3) is 0 Å². The lowest BCUT2D eigenvalue weighted by atomic mass is 9.98. The standard InChI is InChI=1S/C11H13FO/c12-10-3-1-2-8-4-5-9(6-7-13)11(8)10/h1-3,9,13H,4-7H2. The summed E-state index contributed by atoms with van der Waals surface area (Å²) >= 11 is 0. The smallest absolute Gasteiger partial charge is 0.126 e. The Labute approximate surface area is 77.2 Å². The molecule has 2 heteroatoms. The van der Waals surface area contributed by atoms with Crippen LogP contribution in [0.1, 0.15) is 29.9 Å². The Balaban J connectivity index is 2.34. The molecule has 70 valence electrons. The summed E-state index contributed by atoms with van der Waals surface area (Å²) in [5, 5.41) is 8.82. The highest BCUT2D eigenvalue weighted by Crippen LogP contribution is 2.36. The predicted molar refractivity (Wildman–Crippen MR) is 49.2 cm³/mol. The molecule has 1 N–H and O–H groups in total. The topological polar surface area (TPSA) is 20.2 Å². The number of halogens is 1. The minimum Gasteiger partial charge on any atom is -0.396 e. The lowest BCUT2D eigenvalue weighted by molar-refractivity contribution is 0.274. The summed E-state index contributed by atoms with van der Waals surface area (Å²) in [5.74, 6) is 0.134. The van der Waals surface area contributed by atoms with E-state index in [9.17, 15) is 4.39 Å². The minimum absolute atomic E-state index is 0.103. The molecule has 0 aliphatic heterocycles. The molecule has 1 aromatic carbocycles. The van der Waals surface area contributed by atoms with Gasteiger partial charge in [0, 0.05) is 6.61 Å². The van der Waals surface area contributed by atoms with Crippen LogP contribution in [0.15, 0.2) is 18.2 Å². The van der Waals surface area contributed by atoms with Crippen molar-refractivity contribution in [1.82, 2.24) is 0 Å². The number of rotatable bonds is 2. The van der Waals surface area contributed by atoms with E-state index in [4.69, 9.17) is 5.11 Å². The lowest BCUT2D eigenvalue weighted by Crippen LogP contribution is -1.99. The van der Waals surface area contributed by atoms with Crippen LogP contribution >= 0.6 is 0 Å². The number of hydrogen-bond acceptors (Lipinski definition) is 1. The zero-order valence-electron chi connectivity index (χ0n) is 7.46. The van der Waals surface area contributed by atoms with E-state index in [0.29, 0.717) is 6.42 Å². The van der Waals surface area contributed by atoms with Crippen molar-refractivity contribution in [3.05, 3.63) is 35.1 Å². The summed E-state index contributed by atoms with van der Waals surface area (Å²) in [7, 11) is 0. The summed E-state index contributed by atoms with van der Waals surface area (Å²) in [4.78, 5) is 0. The molecule has 0 heterocycles. The number of aryl methyl sites for hydroxylation is 1. The van der Waals surface area contributed by atoms with Gasteiger partial charge in [0.1, 0.15) is 5.82 Å². The number of fused-ring (bicyclic) bond motifs is 1. The monoisotopic (exact) mass is 180 g/mol. The molecule has 2 rings (SSSR count). The summed E-state index contributed by atoms with van der Waals surface area (Å²) in [6.07, 6.45) is 2.63. The Morgan fingerprint density at radius 1 is 1.46 bits per heavy atom. The Morgan fingerprint density at radius 3 is 3.08 bits per heavy atom. The van der Waals surface area contributed by atoms with Crippen molar-refractivity contribution in [2.24, 2.45) is 0 Å². The molecule has 1 aliphatic rings. The quantitative estimate of drug-likeness (QED) is 0.740. The van der Waals surface area contributed by atoms with Gasteiger partial charge in [0.05, 0.1) is 0 Å². The second-order valence-corrected chi connectivity index (χ2v) is 3.56. The van der Waals surface area contributed by atoms with Crippen LogP contribution in [-0.4, -0.2) is 11.7 Å². The number of aliphatic hydroxyl groups is 1. The van der Waals surface area contributed by atoms with Crippen LogP contribution in [0.5, 0.6) is 0 Å². The van der Waals surface area contributed by atoms with E-state index in [2.05, 4.69) is 0 Å². The number of benzene rings is 1. The zero-order chi connectivity index (χ0) is 9.26. The van der Waals surface area contributed by atoms with Gasteiger partial charge in [-0.1, -0.05) is 12.1 Å².